The van der Waals surface area contributed by atoms with E-state index in [0.29, 0.717) is 18.7 Å². The number of hydrogen-bond donors (Lipinski definition) is 0. The largest absolute Gasteiger partial charge is 0.327 e. The summed E-state index contributed by atoms with van der Waals surface area (Å²) >= 11 is 0. The highest BCUT2D eigenvalue weighted by atomic mass is 16.2. The first-order valence-electron chi connectivity index (χ1n) is 10.0. The van der Waals surface area contributed by atoms with Crippen molar-refractivity contribution in [2.75, 3.05) is 6.54 Å². The molecule has 0 bridgehead atoms. The smallest absolute Gasteiger partial charge is 0.254 e. The Hall–Kier alpha value is -3.80. The van der Waals surface area contributed by atoms with E-state index in [1.807, 2.05) is 72.5 Å². The van der Waals surface area contributed by atoms with Crippen LogP contribution in [0.25, 0.3) is 22.6 Å². The SMILES string of the molecule is C[C@@H]1c2nnc(-c3ccccn3)n2CCN1C(=O)c1ccc(-c2ccccc2)cc1. The lowest BCUT2D eigenvalue weighted by molar-refractivity contribution is 0.0638. The molecule has 0 N–H and O–H groups in total. The van der Waals surface area contributed by atoms with Gasteiger partial charge in [0.25, 0.3) is 5.91 Å². The molecule has 1 aliphatic heterocycles. The van der Waals surface area contributed by atoms with Crippen LogP contribution < -0.4 is 0 Å². The maximum Gasteiger partial charge on any atom is 0.254 e. The third kappa shape index (κ3) is 3.16. The molecular formula is C24H21N5O. The van der Waals surface area contributed by atoms with Crippen molar-refractivity contribution in [3.8, 4) is 22.6 Å². The molecule has 0 radical (unpaired) electrons. The van der Waals surface area contributed by atoms with Crippen molar-refractivity contribution in [2.24, 2.45) is 0 Å². The number of nitrogens with zero attached hydrogens (tertiary/aromatic N) is 5. The Morgan fingerprint density at radius 1 is 0.867 bits per heavy atom. The van der Waals surface area contributed by atoms with E-state index in [1.54, 1.807) is 6.20 Å². The summed E-state index contributed by atoms with van der Waals surface area (Å²) in [7, 11) is 0. The topological polar surface area (TPSA) is 63.9 Å². The molecule has 0 saturated carbocycles. The summed E-state index contributed by atoms with van der Waals surface area (Å²) < 4.78 is 2.06. The van der Waals surface area contributed by atoms with Crippen LogP contribution in [0.2, 0.25) is 0 Å². The molecule has 5 rings (SSSR count). The number of fused-ring (bicyclic) bond motifs is 1. The van der Waals surface area contributed by atoms with Crippen LogP contribution in [0.15, 0.2) is 79.0 Å². The summed E-state index contributed by atoms with van der Waals surface area (Å²) in [6, 6.07) is 23.5. The van der Waals surface area contributed by atoms with Gasteiger partial charge in [-0.2, -0.15) is 0 Å². The monoisotopic (exact) mass is 395 g/mol. The zero-order valence-corrected chi connectivity index (χ0v) is 16.6. The highest BCUT2D eigenvalue weighted by molar-refractivity contribution is 5.95. The van der Waals surface area contributed by atoms with E-state index in [0.717, 1.165) is 28.5 Å². The van der Waals surface area contributed by atoms with Crippen molar-refractivity contribution in [3.05, 3.63) is 90.4 Å². The van der Waals surface area contributed by atoms with Gasteiger partial charge in [0.05, 0.1) is 6.04 Å². The Bertz CT molecular complexity index is 1170. The third-order valence-corrected chi connectivity index (χ3v) is 5.58. The second-order valence-corrected chi connectivity index (χ2v) is 7.37. The van der Waals surface area contributed by atoms with Crippen LogP contribution in [0.3, 0.4) is 0 Å². The second kappa shape index (κ2) is 7.55. The molecular weight excluding hydrogens is 374 g/mol. The van der Waals surface area contributed by atoms with Gasteiger partial charge < -0.3 is 9.47 Å². The minimum absolute atomic E-state index is 0.00995. The van der Waals surface area contributed by atoms with E-state index in [1.165, 1.54) is 0 Å². The Morgan fingerprint density at radius 2 is 1.60 bits per heavy atom. The molecule has 3 heterocycles. The number of benzene rings is 2. The lowest BCUT2D eigenvalue weighted by atomic mass is 10.0. The first-order chi connectivity index (χ1) is 14.7. The van der Waals surface area contributed by atoms with Crippen molar-refractivity contribution in [2.45, 2.75) is 19.5 Å². The van der Waals surface area contributed by atoms with Gasteiger partial charge in [-0.3, -0.25) is 9.78 Å². The average Bonchev–Trinajstić information content (AvgIpc) is 3.25. The molecule has 0 aliphatic carbocycles. The van der Waals surface area contributed by atoms with Gasteiger partial charge in [-0.15, -0.1) is 10.2 Å². The molecule has 0 unspecified atom stereocenters. The summed E-state index contributed by atoms with van der Waals surface area (Å²) in [6.45, 7) is 3.25. The second-order valence-electron chi connectivity index (χ2n) is 7.37. The van der Waals surface area contributed by atoms with Crippen molar-refractivity contribution in [1.82, 2.24) is 24.6 Å². The van der Waals surface area contributed by atoms with Gasteiger partial charge in [-0.05, 0) is 42.3 Å². The van der Waals surface area contributed by atoms with E-state index in [-0.39, 0.29) is 11.9 Å². The number of amides is 1. The minimum Gasteiger partial charge on any atom is -0.327 e. The molecule has 6 heteroatoms. The molecule has 2 aromatic heterocycles. The minimum atomic E-state index is -0.162. The lowest BCUT2D eigenvalue weighted by Crippen LogP contribution is -2.41. The summed E-state index contributed by atoms with van der Waals surface area (Å²) in [6.07, 6.45) is 1.75. The van der Waals surface area contributed by atoms with Crippen LogP contribution in [-0.2, 0) is 6.54 Å². The third-order valence-electron chi connectivity index (χ3n) is 5.58. The van der Waals surface area contributed by atoms with Crippen LogP contribution in [0, 0.1) is 0 Å². The molecule has 0 saturated heterocycles. The lowest BCUT2D eigenvalue weighted by Gasteiger charge is -2.33. The molecule has 30 heavy (non-hydrogen) atoms. The Morgan fingerprint density at radius 3 is 2.33 bits per heavy atom. The average molecular weight is 395 g/mol. The predicted octanol–water partition coefficient (Wildman–Crippen LogP) is 4.22. The zero-order chi connectivity index (χ0) is 20.5. The molecule has 148 valence electrons. The van der Waals surface area contributed by atoms with E-state index in [9.17, 15) is 4.79 Å². The maximum atomic E-state index is 13.2. The van der Waals surface area contributed by atoms with Crippen LogP contribution in [0.4, 0.5) is 0 Å². The van der Waals surface area contributed by atoms with Crippen molar-refractivity contribution < 1.29 is 4.79 Å². The molecule has 2 aromatic carbocycles. The standard InChI is InChI=1S/C24H21N5O/c1-17-22-26-27-23(21-9-5-6-14-25-21)29(22)16-15-28(17)24(30)20-12-10-19(11-13-20)18-7-3-2-4-8-18/h2-14,17H,15-16H2,1H3/t17-/m1/s1. The zero-order valence-electron chi connectivity index (χ0n) is 16.6. The van der Waals surface area contributed by atoms with Crippen LogP contribution in [0.1, 0.15) is 29.1 Å². The van der Waals surface area contributed by atoms with Crippen LogP contribution in [-0.4, -0.2) is 37.1 Å². The molecule has 6 nitrogen and oxygen atoms in total. The van der Waals surface area contributed by atoms with E-state index in [4.69, 9.17) is 0 Å². The first-order valence-corrected chi connectivity index (χ1v) is 10.0. The molecule has 1 aliphatic rings. The summed E-state index contributed by atoms with van der Waals surface area (Å²) in [4.78, 5) is 19.5. The number of carbonyl (C=O) groups is 1. The normalized spacial score (nSPS) is 15.6. The number of hydrogen-bond acceptors (Lipinski definition) is 4. The molecule has 0 fully saturated rings. The van der Waals surface area contributed by atoms with Gasteiger partial charge in [-0.1, -0.05) is 48.5 Å². The fraction of sp³-hybridized carbons (Fsp3) is 0.167. The predicted molar refractivity (Wildman–Crippen MR) is 115 cm³/mol. The van der Waals surface area contributed by atoms with Gasteiger partial charge in [0, 0.05) is 24.8 Å². The molecule has 1 amide bonds. The number of carbonyl (C=O) groups excluding carboxylic acids is 1. The van der Waals surface area contributed by atoms with Gasteiger partial charge >= 0.3 is 0 Å². The Labute approximate surface area is 174 Å². The van der Waals surface area contributed by atoms with Crippen molar-refractivity contribution >= 4 is 5.91 Å². The van der Waals surface area contributed by atoms with Gasteiger partial charge in [0.1, 0.15) is 5.69 Å². The Balaban J connectivity index is 1.39. The van der Waals surface area contributed by atoms with E-state index < -0.39 is 0 Å². The summed E-state index contributed by atoms with van der Waals surface area (Å²) in [5, 5.41) is 8.72. The number of rotatable bonds is 3. The maximum absolute atomic E-state index is 13.2. The molecule has 1 atom stereocenters. The van der Waals surface area contributed by atoms with Gasteiger partial charge in [-0.25, -0.2) is 0 Å². The van der Waals surface area contributed by atoms with Crippen LogP contribution >= 0.6 is 0 Å². The molecule has 4 aromatic rings. The van der Waals surface area contributed by atoms with Crippen LogP contribution in [0.5, 0.6) is 0 Å². The summed E-state index contributed by atoms with van der Waals surface area (Å²) in [5.74, 6) is 1.55. The Kier molecular flexibility index (Phi) is 4.59. The number of pyridine rings is 1. The fourth-order valence-electron chi connectivity index (χ4n) is 3.95. The molecule has 0 spiro atoms. The van der Waals surface area contributed by atoms with Crippen molar-refractivity contribution in [3.63, 3.8) is 0 Å². The van der Waals surface area contributed by atoms with Gasteiger partial charge in [0.15, 0.2) is 11.6 Å². The highest BCUT2D eigenvalue weighted by Crippen LogP contribution is 2.29. The quantitative estimate of drug-likeness (QED) is 0.521. The number of aromatic nitrogens is 4. The van der Waals surface area contributed by atoms with Crippen molar-refractivity contribution in [1.29, 1.82) is 0 Å². The first kappa shape index (κ1) is 18.2. The van der Waals surface area contributed by atoms with E-state index in [2.05, 4.69) is 31.9 Å². The summed E-state index contributed by atoms with van der Waals surface area (Å²) in [5.41, 5.74) is 3.70. The fourth-order valence-corrected chi connectivity index (χ4v) is 3.95. The van der Waals surface area contributed by atoms with E-state index >= 15 is 0 Å². The van der Waals surface area contributed by atoms with Gasteiger partial charge in [0.2, 0.25) is 0 Å². The highest BCUT2D eigenvalue weighted by Gasteiger charge is 2.32.